The lowest BCUT2D eigenvalue weighted by molar-refractivity contribution is 0.603. The van der Waals surface area contributed by atoms with Crippen LogP contribution in [-0.2, 0) is 16.6 Å². The van der Waals surface area contributed by atoms with E-state index in [-0.39, 0.29) is 4.21 Å². The Kier molecular flexibility index (Phi) is 5.32. The molecule has 3 rings (SSSR count). The molecule has 0 saturated heterocycles. The Labute approximate surface area is 156 Å². The average Bonchev–Trinajstić information content (AvgIpc) is 3.03. The summed E-state index contributed by atoms with van der Waals surface area (Å²) >= 11 is 6.83. The number of halogens is 1. The van der Waals surface area contributed by atoms with Crippen LogP contribution in [0.25, 0.3) is 0 Å². The van der Waals surface area contributed by atoms with Crippen LogP contribution in [0, 0.1) is 6.92 Å². The highest BCUT2D eigenvalue weighted by molar-refractivity contribution is 7.94. The number of thiophene rings is 1. The highest BCUT2D eigenvalue weighted by atomic mass is 35.5. The molecular formula is C18H17ClN2O2S2. The molecule has 0 unspecified atom stereocenters. The Balaban J connectivity index is 1.65. The van der Waals surface area contributed by atoms with Crippen molar-refractivity contribution in [2.24, 2.45) is 0 Å². The molecule has 0 bridgehead atoms. The predicted molar refractivity (Wildman–Crippen MR) is 105 cm³/mol. The third-order valence-corrected chi connectivity index (χ3v) is 6.80. The summed E-state index contributed by atoms with van der Waals surface area (Å²) in [6.45, 7) is 2.79. The third-order valence-electron chi connectivity index (χ3n) is 3.69. The lowest BCUT2D eigenvalue weighted by atomic mass is 10.1. The van der Waals surface area contributed by atoms with Crippen LogP contribution in [0.5, 0.6) is 0 Å². The monoisotopic (exact) mass is 392 g/mol. The topological polar surface area (TPSA) is 58.2 Å². The zero-order valence-electron chi connectivity index (χ0n) is 13.5. The molecule has 0 aliphatic heterocycles. The number of sulfonamides is 1. The SMILES string of the molecule is Cc1ccccc1CNc1ccc(NS(=O)(=O)c2ccc(Cl)s2)cc1. The summed E-state index contributed by atoms with van der Waals surface area (Å²) in [7, 11) is -3.60. The van der Waals surface area contributed by atoms with Crippen molar-refractivity contribution in [2.75, 3.05) is 10.0 Å². The van der Waals surface area contributed by atoms with Gasteiger partial charge in [-0.25, -0.2) is 8.42 Å². The normalized spacial score (nSPS) is 11.3. The van der Waals surface area contributed by atoms with Crippen LogP contribution >= 0.6 is 22.9 Å². The lowest BCUT2D eigenvalue weighted by Crippen LogP contribution is -2.11. The summed E-state index contributed by atoms with van der Waals surface area (Å²) in [5.74, 6) is 0. The van der Waals surface area contributed by atoms with Gasteiger partial charge in [-0.15, -0.1) is 11.3 Å². The van der Waals surface area contributed by atoms with Crippen LogP contribution in [0.4, 0.5) is 11.4 Å². The minimum absolute atomic E-state index is 0.194. The molecule has 130 valence electrons. The van der Waals surface area contributed by atoms with Gasteiger partial charge >= 0.3 is 0 Å². The van der Waals surface area contributed by atoms with Crippen LogP contribution in [0.1, 0.15) is 11.1 Å². The zero-order chi connectivity index (χ0) is 17.9. The van der Waals surface area contributed by atoms with Crippen LogP contribution in [0.3, 0.4) is 0 Å². The van der Waals surface area contributed by atoms with Crippen molar-refractivity contribution in [1.82, 2.24) is 0 Å². The maximum absolute atomic E-state index is 12.3. The Bertz CT molecular complexity index is 967. The summed E-state index contributed by atoms with van der Waals surface area (Å²) < 4.78 is 27.7. The molecule has 25 heavy (non-hydrogen) atoms. The summed E-state index contributed by atoms with van der Waals surface area (Å²) in [6.07, 6.45) is 0. The number of nitrogens with one attached hydrogen (secondary N) is 2. The van der Waals surface area contributed by atoms with Gasteiger partial charge in [0.05, 0.1) is 4.34 Å². The molecule has 0 amide bonds. The second-order valence-electron chi connectivity index (χ2n) is 5.52. The van der Waals surface area contributed by atoms with E-state index in [0.717, 1.165) is 17.0 Å². The van der Waals surface area contributed by atoms with Crippen molar-refractivity contribution in [3.63, 3.8) is 0 Å². The van der Waals surface area contributed by atoms with Crippen molar-refractivity contribution in [3.05, 3.63) is 76.1 Å². The molecule has 0 radical (unpaired) electrons. The van der Waals surface area contributed by atoms with Crippen LogP contribution in [-0.4, -0.2) is 8.42 Å². The molecule has 0 fully saturated rings. The Hall–Kier alpha value is -2.02. The first-order chi connectivity index (χ1) is 11.9. The minimum atomic E-state index is -3.60. The number of anilines is 2. The van der Waals surface area contributed by atoms with E-state index in [4.69, 9.17) is 11.6 Å². The molecule has 1 aromatic heterocycles. The van der Waals surface area contributed by atoms with Crippen molar-refractivity contribution < 1.29 is 8.42 Å². The molecule has 0 saturated carbocycles. The number of benzene rings is 2. The van der Waals surface area contributed by atoms with Crippen molar-refractivity contribution >= 4 is 44.3 Å². The third kappa shape index (κ3) is 4.54. The Morgan fingerprint density at radius 1 is 0.960 bits per heavy atom. The summed E-state index contributed by atoms with van der Waals surface area (Å²) in [4.78, 5) is 0. The molecule has 1 heterocycles. The van der Waals surface area contributed by atoms with Crippen molar-refractivity contribution in [2.45, 2.75) is 17.7 Å². The van der Waals surface area contributed by atoms with E-state index in [2.05, 4.69) is 29.1 Å². The van der Waals surface area contributed by atoms with Gasteiger partial charge < -0.3 is 5.32 Å². The molecule has 3 aromatic rings. The highest BCUT2D eigenvalue weighted by Crippen LogP contribution is 2.27. The fourth-order valence-electron chi connectivity index (χ4n) is 2.31. The number of rotatable bonds is 6. The Morgan fingerprint density at radius 3 is 2.28 bits per heavy atom. The van der Waals surface area contributed by atoms with Gasteiger partial charge in [0.25, 0.3) is 10.0 Å². The van der Waals surface area contributed by atoms with Gasteiger partial charge in [0.15, 0.2) is 0 Å². The van der Waals surface area contributed by atoms with Gasteiger partial charge in [0.2, 0.25) is 0 Å². The fourth-order valence-corrected chi connectivity index (χ4v) is 4.85. The number of hydrogen-bond acceptors (Lipinski definition) is 4. The minimum Gasteiger partial charge on any atom is -0.381 e. The maximum atomic E-state index is 12.3. The largest absolute Gasteiger partial charge is 0.381 e. The number of hydrogen-bond donors (Lipinski definition) is 2. The van der Waals surface area contributed by atoms with Gasteiger partial charge in [-0.2, -0.15) is 0 Å². The average molecular weight is 393 g/mol. The smallest absolute Gasteiger partial charge is 0.271 e. The van der Waals surface area contributed by atoms with Crippen LogP contribution < -0.4 is 10.0 Å². The molecule has 0 aliphatic carbocycles. The van der Waals surface area contributed by atoms with E-state index in [1.807, 2.05) is 24.3 Å². The van der Waals surface area contributed by atoms with Crippen LogP contribution in [0.15, 0.2) is 64.9 Å². The van der Waals surface area contributed by atoms with Crippen LogP contribution in [0.2, 0.25) is 4.34 Å². The number of aryl methyl sites for hydroxylation is 1. The van der Waals surface area contributed by atoms with Gasteiger partial charge in [-0.1, -0.05) is 35.9 Å². The van der Waals surface area contributed by atoms with Crippen molar-refractivity contribution in [3.8, 4) is 0 Å². The van der Waals surface area contributed by atoms with Gasteiger partial charge in [-0.3, -0.25) is 4.72 Å². The van der Waals surface area contributed by atoms with E-state index in [9.17, 15) is 8.42 Å². The molecular weight excluding hydrogens is 376 g/mol. The molecule has 4 nitrogen and oxygen atoms in total. The van der Waals surface area contributed by atoms with E-state index < -0.39 is 10.0 Å². The predicted octanol–water partition coefficient (Wildman–Crippen LogP) is 5.12. The Morgan fingerprint density at radius 2 is 1.64 bits per heavy atom. The van der Waals surface area contributed by atoms with E-state index in [1.54, 1.807) is 18.2 Å². The fraction of sp³-hybridized carbons (Fsp3) is 0.111. The van der Waals surface area contributed by atoms with Gasteiger partial charge in [0.1, 0.15) is 4.21 Å². The van der Waals surface area contributed by atoms with E-state index in [0.29, 0.717) is 16.6 Å². The standard InChI is InChI=1S/C18H17ClN2O2S2/c1-13-4-2-3-5-14(13)12-20-15-6-8-16(9-7-15)21-25(22,23)18-11-10-17(19)24-18/h2-11,20-21H,12H2,1H3. The van der Waals surface area contributed by atoms with Gasteiger partial charge in [-0.05, 0) is 54.4 Å². The van der Waals surface area contributed by atoms with Crippen molar-refractivity contribution in [1.29, 1.82) is 0 Å². The second kappa shape index (κ2) is 7.47. The summed E-state index contributed by atoms with van der Waals surface area (Å²) in [6, 6.07) is 18.4. The van der Waals surface area contributed by atoms with Gasteiger partial charge in [0, 0.05) is 17.9 Å². The molecule has 2 N–H and O–H groups in total. The first kappa shape index (κ1) is 17.8. The highest BCUT2D eigenvalue weighted by Gasteiger charge is 2.16. The molecule has 7 heteroatoms. The first-order valence-corrected chi connectivity index (χ1v) is 10.3. The summed E-state index contributed by atoms with van der Waals surface area (Å²) in [5, 5.41) is 3.33. The van der Waals surface area contributed by atoms with E-state index >= 15 is 0 Å². The quantitative estimate of drug-likeness (QED) is 0.611. The summed E-state index contributed by atoms with van der Waals surface area (Å²) in [5.41, 5.74) is 3.88. The maximum Gasteiger partial charge on any atom is 0.271 e. The second-order valence-corrected chi connectivity index (χ2v) is 9.15. The first-order valence-electron chi connectivity index (χ1n) is 7.61. The van der Waals surface area contributed by atoms with E-state index in [1.165, 1.54) is 17.2 Å². The lowest BCUT2D eigenvalue weighted by Gasteiger charge is -2.10. The molecule has 0 atom stereocenters. The zero-order valence-corrected chi connectivity index (χ0v) is 15.9. The molecule has 0 aliphatic rings. The molecule has 0 spiro atoms. The molecule has 2 aromatic carbocycles.